The highest BCUT2D eigenvalue weighted by atomic mass is 16.5. The molecular formula is C21H27N3O3. The molecule has 6 heteroatoms. The number of likely N-dealkylation sites (tertiary alicyclic amines) is 1. The average molecular weight is 369 g/mol. The molecule has 144 valence electrons. The van der Waals surface area contributed by atoms with Crippen LogP contribution in [0.25, 0.3) is 10.9 Å². The lowest BCUT2D eigenvalue weighted by Crippen LogP contribution is -2.37. The minimum absolute atomic E-state index is 0.0912. The molecule has 0 bridgehead atoms. The van der Waals surface area contributed by atoms with E-state index < -0.39 is 0 Å². The lowest BCUT2D eigenvalue weighted by molar-refractivity contribution is -0.125. The van der Waals surface area contributed by atoms with Gasteiger partial charge in [-0.05, 0) is 49.4 Å². The molecule has 27 heavy (non-hydrogen) atoms. The molecule has 0 spiro atoms. The van der Waals surface area contributed by atoms with Crippen molar-refractivity contribution in [1.29, 1.82) is 0 Å². The molecule has 3 aliphatic rings. The van der Waals surface area contributed by atoms with Gasteiger partial charge in [0.2, 0.25) is 6.41 Å². The van der Waals surface area contributed by atoms with Gasteiger partial charge in [-0.1, -0.05) is 0 Å². The Morgan fingerprint density at radius 1 is 1.19 bits per heavy atom. The number of ether oxygens (including phenoxy) is 2. The Kier molecular flexibility index (Phi) is 4.53. The molecule has 2 aromatic rings. The number of hydrogen-bond donors (Lipinski definition) is 1. The van der Waals surface area contributed by atoms with E-state index in [9.17, 15) is 4.79 Å². The number of rotatable bonds is 6. The van der Waals surface area contributed by atoms with Gasteiger partial charge in [-0.15, -0.1) is 0 Å². The maximum atomic E-state index is 11.0. The van der Waals surface area contributed by atoms with Crippen LogP contribution < -0.4 is 4.74 Å². The van der Waals surface area contributed by atoms with E-state index in [4.69, 9.17) is 9.47 Å². The summed E-state index contributed by atoms with van der Waals surface area (Å²) in [6.45, 7) is 5.29. The van der Waals surface area contributed by atoms with E-state index in [1.807, 2.05) is 6.07 Å². The molecule has 6 nitrogen and oxygen atoms in total. The number of nitrogens with zero attached hydrogens (tertiary/aromatic N) is 2. The molecule has 2 aliphatic heterocycles. The average Bonchev–Trinajstić information content (AvgIpc) is 3.23. The van der Waals surface area contributed by atoms with E-state index >= 15 is 0 Å². The van der Waals surface area contributed by atoms with Crippen molar-refractivity contribution in [3.63, 3.8) is 0 Å². The monoisotopic (exact) mass is 369 g/mol. The highest BCUT2D eigenvalue weighted by Gasteiger charge is 2.30. The smallest absolute Gasteiger partial charge is 0.209 e. The molecule has 2 saturated heterocycles. The minimum Gasteiger partial charge on any atom is -0.489 e. The molecule has 3 heterocycles. The summed E-state index contributed by atoms with van der Waals surface area (Å²) < 4.78 is 12.1. The van der Waals surface area contributed by atoms with Crippen molar-refractivity contribution < 1.29 is 14.3 Å². The van der Waals surface area contributed by atoms with Gasteiger partial charge < -0.3 is 19.4 Å². The Bertz CT molecular complexity index is 816. The highest BCUT2D eigenvalue weighted by Crippen LogP contribution is 2.32. The molecule has 1 N–H and O–H groups in total. The zero-order valence-electron chi connectivity index (χ0n) is 15.6. The third-order valence-corrected chi connectivity index (χ3v) is 5.95. The molecule has 2 unspecified atom stereocenters. The molecule has 2 atom stereocenters. The van der Waals surface area contributed by atoms with E-state index in [-0.39, 0.29) is 6.10 Å². The summed E-state index contributed by atoms with van der Waals surface area (Å²) in [5, 5.41) is 1.13. The van der Waals surface area contributed by atoms with E-state index in [1.54, 1.807) is 4.90 Å². The predicted molar refractivity (Wildman–Crippen MR) is 103 cm³/mol. The zero-order chi connectivity index (χ0) is 18.2. The number of aromatic amines is 1. The minimum atomic E-state index is -0.0912. The molecule has 1 amide bonds. The Labute approximate surface area is 159 Å². The van der Waals surface area contributed by atoms with E-state index in [1.165, 1.54) is 19.4 Å². The number of morpholine rings is 1. The Balaban J connectivity index is 1.25. The summed E-state index contributed by atoms with van der Waals surface area (Å²) in [6, 6.07) is 8.35. The van der Waals surface area contributed by atoms with E-state index in [2.05, 4.69) is 28.1 Å². The summed E-state index contributed by atoms with van der Waals surface area (Å²) in [4.78, 5) is 18.8. The topological polar surface area (TPSA) is 57.8 Å². The fraction of sp³-hybridized carbons (Fsp3) is 0.571. The van der Waals surface area contributed by atoms with Crippen LogP contribution in [0, 0.1) is 5.92 Å². The van der Waals surface area contributed by atoms with Gasteiger partial charge in [-0.2, -0.15) is 0 Å². The van der Waals surface area contributed by atoms with Crippen LogP contribution in [0.3, 0.4) is 0 Å². The quantitative estimate of drug-likeness (QED) is 0.795. The highest BCUT2D eigenvalue weighted by molar-refractivity contribution is 5.82. The van der Waals surface area contributed by atoms with Crippen LogP contribution in [-0.2, 0) is 9.53 Å². The van der Waals surface area contributed by atoms with Gasteiger partial charge in [-0.25, -0.2) is 0 Å². The standard InChI is InChI=1S/C21H27N3O3/c25-14-24-7-8-26-21(13-24)20-10-16-9-17(3-4-19(16)22-20)27-18-5-6-23(12-18)11-15-1-2-15/h3-4,9-10,14-15,18,21-22H,1-2,5-8,11-13H2. The first-order valence-corrected chi connectivity index (χ1v) is 10.1. The third-order valence-electron chi connectivity index (χ3n) is 5.95. The summed E-state index contributed by atoms with van der Waals surface area (Å²) >= 11 is 0. The van der Waals surface area contributed by atoms with Crippen molar-refractivity contribution in [2.24, 2.45) is 5.92 Å². The second-order valence-corrected chi connectivity index (χ2v) is 8.17. The van der Waals surface area contributed by atoms with E-state index in [0.29, 0.717) is 25.8 Å². The van der Waals surface area contributed by atoms with Gasteiger partial charge in [0.1, 0.15) is 18.0 Å². The van der Waals surface area contributed by atoms with Crippen LogP contribution in [0.4, 0.5) is 0 Å². The summed E-state index contributed by atoms with van der Waals surface area (Å²) in [7, 11) is 0. The number of carbonyl (C=O) groups excluding carboxylic acids is 1. The number of carbonyl (C=O) groups is 1. The van der Waals surface area contributed by atoms with Crippen molar-refractivity contribution in [2.75, 3.05) is 39.3 Å². The van der Waals surface area contributed by atoms with Crippen molar-refractivity contribution in [3.8, 4) is 5.75 Å². The first kappa shape index (κ1) is 17.1. The lowest BCUT2D eigenvalue weighted by Gasteiger charge is -2.29. The second kappa shape index (κ2) is 7.17. The molecule has 0 radical (unpaired) electrons. The van der Waals surface area contributed by atoms with Gasteiger partial charge in [0.25, 0.3) is 0 Å². The van der Waals surface area contributed by atoms with Crippen LogP contribution in [0.5, 0.6) is 5.75 Å². The normalized spacial score (nSPS) is 26.6. The number of fused-ring (bicyclic) bond motifs is 1. The van der Waals surface area contributed by atoms with Gasteiger partial charge in [0.15, 0.2) is 0 Å². The maximum absolute atomic E-state index is 11.0. The number of benzene rings is 1. The second-order valence-electron chi connectivity index (χ2n) is 8.17. The SMILES string of the molecule is O=CN1CCOC(c2cc3cc(OC4CCN(CC5CC5)C4)ccc3[nH]2)C1. The maximum Gasteiger partial charge on any atom is 0.209 e. The van der Waals surface area contributed by atoms with Crippen LogP contribution in [0.15, 0.2) is 24.3 Å². The fourth-order valence-corrected chi connectivity index (χ4v) is 4.25. The third kappa shape index (κ3) is 3.82. The zero-order valence-corrected chi connectivity index (χ0v) is 15.6. The Morgan fingerprint density at radius 3 is 2.96 bits per heavy atom. The van der Waals surface area contributed by atoms with Gasteiger partial charge >= 0.3 is 0 Å². The molecule has 5 rings (SSSR count). The van der Waals surface area contributed by atoms with Gasteiger partial charge in [0, 0.05) is 42.8 Å². The molecule has 1 aliphatic carbocycles. The molecule has 1 saturated carbocycles. The van der Waals surface area contributed by atoms with Crippen LogP contribution in [0.2, 0.25) is 0 Å². The number of nitrogens with one attached hydrogen (secondary N) is 1. The van der Waals surface area contributed by atoms with Crippen molar-refractivity contribution >= 4 is 17.3 Å². The fourth-order valence-electron chi connectivity index (χ4n) is 4.25. The number of hydrogen-bond acceptors (Lipinski definition) is 4. The first-order chi connectivity index (χ1) is 13.3. The molecule has 1 aromatic heterocycles. The Hall–Kier alpha value is -2.05. The van der Waals surface area contributed by atoms with Crippen LogP contribution >= 0.6 is 0 Å². The number of aromatic nitrogens is 1. The number of amides is 1. The number of H-pyrrole nitrogens is 1. The molecular weight excluding hydrogens is 342 g/mol. The lowest BCUT2D eigenvalue weighted by atomic mass is 10.2. The summed E-state index contributed by atoms with van der Waals surface area (Å²) in [5.41, 5.74) is 2.09. The van der Waals surface area contributed by atoms with Crippen molar-refractivity contribution in [2.45, 2.75) is 31.5 Å². The van der Waals surface area contributed by atoms with Gasteiger partial charge in [-0.3, -0.25) is 9.69 Å². The summed E-state index contributed by atoms with van der Waals surface area (Å²) in [5.74, 6) is 1.88. The van der Waals surface area contributed by atoms with Gasteiger partial charge in [0.05, 0.1) is 13.2 Å². The van der Waals surface area contributed by atoms with Crippen molar-refractivity contribution in [1.82, 2.24) is 14.8 Å². The molecule has 3 fully saturated rings. The van der Waals surface area contributed by atoms with Crippen LogP contribution in [-0.4, -0.2) is 66.6 Å². The van der Waals surface area contributed by atoms with Crippen LogP contribution in [0.1, 0.15) is 31.1 Å². The van der Waals surface area contributed by atoms with Crippen molar-refractivity contribution in [3.05, 3.63) is 30.0 Å². The molecule has 1 aromatic carbocycles. The Morgan fingerprint density at radius 2 is 2.11 bits per heavy atom. The largest absolute Gasteiger partial charge is 0.489 e. The van der Waals surface area contributed by atoms with E-state index in [0.717, 1.165) is 54.2 Å². The first-order valence-electron chi connectivity index (χ1n) is 10.1. The predicted octanol–water partition coefficient (Wildman–Crippen LogP) is 2.56. The summed E-state index contributed by atoms with van der Waals surface area (Å²) in [6.07, 6.45) is 5.03.